The fourth-order valence-corrected chi connectivity index (χ4v) is 2.05. The molecule has 0 aromatic heterocycles. The van der Waals surface area contributed by atoms with Gasteiger partial charge in [0.15, 0.2) is 0 Å². The molecule has 2 atom stereocenters. The maximum absolute atomic E-state index is 9.38. The normalized spacial score (nSPS) is 24.0. The van der Waals surface area contributed by atoms with E-state index in [0.717, 1.165) is 5.75 Å². The Balaban J connectivity index is 2.22. The van der Waals surface area contributed by atoms with Gasteiger partial charge in [0, 0.05) is 5.92 Å². The number of rotatable bonds is 2. The highest BCUT2D eigenvalue weighted by atomic mass is 16.5. The molecule has 1 aliphatic carbocycles. The Bertz CT molecular complexity index is 415. The van der Waals surface area contributed by atoms with Crippen LogP contribution >= 0.6 is 0 Å². The van der Waals surface area contributed by atoms with Gasteiger partial charge in [-0.1, -0.05) is 25.1 Å². The lowest BCUT2D eigenvalue weighted by Crippen LogP contribution is -2.09. The maximum Gasteiger partial charge on any atom is 0.118 e. The van der Waals surface area contributed by atoms with Crippen molar-refractivity contribution in [3.63, 3.8) is 0 Å². The van der Waals surface area contributed by atoms with E-state index >= 15 is 0 Å². The molecule has 0 aliphatic heterocycles. The molecule has 0 radical (unpaired) electrons. The number of hydrogen-bond acceptors (Lipinski definition) is 2. The lowest BCUT2D eigenvalue weighted by atomic mass is 9.84. The first kappa shape index (κ1) is 10.8. The van der Waals surface area contributed by atoms with Crippen LogP contribution in [0.25, 0.3) is 0 Å². The van der Waals surface area contributed by atoms with Crippen molar-refractivity contribution in [2.75, 3.05) is 7.11 Å². The summed E-state index contributed by atoms with van der Waals surface area (Å²) in [6.07, 6.45) is 5.69. The quantitative estimate of drug-likeness (QED) is 0.820. The van der Waals surface area contributed by atoms with Crippen LogP contribution in [0.15, 0.2) is 48.3 Å². The lowest BCUT2D eigenvalue weighted by molar-refractivity contribution is 0.412. The number of ether oxygens (including phenoxy) is 1. The molecule has 2 unspecified atom stereocenters. The van der Waals surface area contributed by atoms with E-state index in [-0.39, 0.29) is 0 Å². The number of hydrogen-bond donors (Lipinski definition) is 1. The van der Waals surface area contributed by atoms with Crippen molar-refractivity contribution in [1.82, 2.24) is 0 Å². The third-order valence-corrected chi connectivity index (χ3v) is 2.98. The molecule has 16 heavy (non-hydrogen) atoms. The summed E-state index contributed by atoms with van der Waals surface area (Å²) in [6.45, 7) is 2.11. The summed E-state index contributed by atoms with van der Waals surface area (Å²) in [6, 6.07) is 8.07. The van der Waals surface area contributed by atoms with E-state index in [1.165, 1.54) is 5.56 Å². The Hall–Kier alpha value is -1.70. The minimum Gasteiger partial charge on any atom is -0.508 e. The molecule has 0 fully saturated rings. The van der Waals surface area contributed by atoms with Crippen molar-refractivity contribution in [1.29, 1.82) is 0 Å². The first-order chi connectivity index (χ1) is 7.70. The fourth-order valence-electron chi connectivity index (χ4n) is 2.05. The summed E-state index contributed by atoms with van der Waals surface area (Å²) in [5.41, 5.74) is 1.24. The smallest absolute Gasteiger partial charge is 0.118 e. The topological polar surface area (TPSA) is 29.5 Å². The second-order valence-corrected chi connectivity index (χ2v) is 4.11. The van der Waals surface area contributed by atoms with Crippen molar-refractivity contribution in [2.24, 2.45) is 5.92 Å². The molecule has 0 bridgehead atoms. The van der Waals surface area contributed by atoms with Gasteiger partial charge in [-0.15, -0.1) is 0 Å². The lowest BCUT2D eigenvalue weighted by Gasteiger charge is -2.21. The van der Waals surface area contributed by atoms with Crippen LogP contribution in [0.5, 0.6) is 5.75 Å². The van der Waals surface area contributed by atoms with Gasteiger partial charge in [0.05, 0.1) is 7.11 Å². The zero-order valence-corrected chi connectivity index (χ0v) is 9.55. The second kappa shape index (κ2) is 4.44. The largest absolute Gasteiger partial charge is 0.508 e. The van der Waals surface area contributed by atoms with Gasteiger partial charge in [-0.2, -0.15) is 0 Å². The van der Waals surface area contributed by atoms with Crippen LogP contribution in [0.3, 0.4) is 0 Å². The van der Waals surface area contributed by atoms with Crippen molar-refractivity contribution in [2.45, 2.75) is 12.8 Å². The highest BCUT2D eigenvalue weighted by Gasteiger charge is 2.18. The number of aliphatic hydroxyl groups is 1. The molecule has 0 saturated carbocycles. The van der Waals surface area contributed by atoms with Gasteiger partial charge in [0.1, 0.15) is 11.5 Å². The average molecular weight is 216 g/mol. The van der Waals surface area contributed by atoms with Crippen LogP contribution in [-0.2, 0) is 0 Å². The predicted molar refractivity (Wildman–Crippen MR) is 64.8 cm³/mol. The molecule has 2 rings (SSSR count). The van der Waals surface area contributed by atoms with Crippen molar-refractivity contribution in [3.05, 3.63) is 53.8 Å². The van der Waals surface area contributed by atoms with Gasteiger partial charge in [0.25, 0.3) is 0 Å². The van der Waals surface area contributed by atoms with E-state index in [4.69, 9.17) is 4.74 Å². The van der Waals surface area contributed by atoms with Crippen LogP contribution < -0.4 is 4.74 Å². The SMILES string of the molecule is COc1ccc(C2C=CC(O)=CC2C)cc1. The van der Waals surface area contributed by atoms with E-state index in [1.54, 1.807) is 13.2 Å². The summed E-state index contributed by atoms with van der Waals surface area (Å²) < 4.78 is 5.13. The van der Waals surface area contributed by atoms with Crippen LogP contribution in [0.1, 0.15) is 18.4 Å². The third kappa shape index (κ3) is 2.11. The Labute approximate surface area is 95.9 Å². The van der Waals surface area contributed by atoms with Crippen molar-refractivity contribution < 1.29 is 9.84 Å². The molecular weight excluding hydrogens is 200 g/mol. The monoisotopic (exact) mass is 216 g/mol. The molecule has 1 N–H and O–H groups in total. The van der Waals surface area contributed by atoms with Gasteiger partial charge in [-0.05, 0) is 35.8 Å². The molecule has 0 amide bonds. The zero-order valence-electron chi connectivity index (χ0n) is 9.55. The molecule has 1 aromatic rings. The predicted octanol–water partition coefficient (Wildman–Crippen LogP) is 3.43. The van der Waals surface area contributed by atoms with Crippen LogP contribution in [0, 0.1) is 5.92 Å². The Kier molecular flexibility index (Phi) is 3.00. The van der Waals surface area contributed by atoms with Gasteiger partial charge in [-0.3, -0.25) is 0 Å². The second-order valence-electron chi connectivity index (χ2n) is 4.11. The molecule has 2 heteroatoms. The summed E-state index contributed by atoms with van der Waals surface area (Å²) >= 11 is 0. The molecule has 0 saturated heterocycles. The Morgan fingerprint density at radius 1 is 1.19 bits per heavy atom. The molecule has 1 aliphatic rings. The van der Waals surface area contributed by atoms with E-state index in [2.05, 4.69) is 19.1 Å². The molecular formula is C14H16O2. The standard InChI is InChI=1S/C14H16O2/c1-10-9-12(15)5-8-14(10)11-3-6-13(16-2)7-4-11/h3-10,14-15H,1-2H3. The summed E-state index contributed by atoms with van der Waals surface area (Å²) in [5.74, 6) is 1.88. The highest BCUT2D eigenvalue weighted by Crippen LogP contribution is 2.31. The van der Waals surface area contributed by atoms with Gasteiger partial charge in [-0.25, -0.2) is 0 Å². The first-order valence-corrected chi connectivity index (χ1v) is 5.43. The van der Waals surface area contributed by atoms with E-state index < -0.39 is 0 Å². The van der Waals surface area contributed by atoms with Gasteiger partial charge < -0.3 is 9.84 Å². The average Bonchev–Trinajstić information content (AvgIpc) is 2.29. The fraction of sp³-hybridized carbons (Fsp3) is 0.286. The van der Waals surface area contributed by atoms with E-state index in [0.29, 0.717) is 17.6 Å². The third-order valence-electron chi connectivity index (χ3n) is 2.98. The molecule has 0 heterocycles. The number of benzene rings is 1. The summed E-state index contributed by atoms with van der Waals surface area (Å²) in [7, 11) is 1.67. The zero-order chi connectivity index (χ0) is 11.5. The molecule has 0 spiro atoms. The number of aliphatic hydroxyl groups excluding tert-OH is 1. The van der Waals surface area contributed by atoms with Gasteiger partial charge in [0.2, 0.25) is 0 Å². The molecule has 1 aromatic carbocycles. The summed E-state index contributed by atoms with van der Waals surface area (Å²) in [5, 5.41) is 9.38. The minimum atomic E-state index is 0.318. The maximum atomic E-state index is 9.38. The van der Waals surface area contributed by atoms with E-state index in [9.17, 15) is 5.11 Å². The number of methoxy groups -OCH3 is 1. The van der Waals surface area contributed by atoms with E-state index in [1.807, 2.05) is 24.3 Å². The van der Waals surface area contributed by atoms with Crippen molar-refractivity contribution in [3.8, 4) is 5.75 Å². The van der Waals surface area contributed by atoms with Crippen LogP contribution in [0.2, 0.25) is 0 Å². The van der Waals surface area contributed by atoms with Crippen LogP contribution in [0.4, 0.5) is 0 Å². The van der Waals surface area contributed by atoms with Crippen LogP contribution in [-0.4, -0.2) is 12.2 Å². The Morgan fingerprint density at radius 2 is 1.88 bits per heavy atom. The number of allylic oxidation sites excluding steroid dienone is 3. The van der Waals surface area contributed by atoms with Crippen molar-refractivity contribution >= 4 is 0 Å². The highest BCUT2D eigenvalue weighted by molar-refractivity contribution is 5.35. The van der Waals surface area contributed by atoms with Gasteiger partial charge >= 0.3 is 0 Å². The Morgan fingerprint density at radius 3 is 2.44 bits per heavy atom. The minimum absolute atomic E-state index is 0.318. The first-order valence-electron chi connectivity index (χ1n) is 5.43. The molecule has 84 valence electrons. The summed E-state index contributed by atoms with van der Waals surface area (Å²) in [4.78, 5) is 0. The molecule has 2 nitrogen and oxygen atoms in total.